The van der Waals surface area contributed by atoms with Crippen LogP contribution >= 0.6 is 0 Å². The molecule has 14 nitrogen and oxygen atoms in total. The zero-order valence-electron chi connectivity index (χ0n) is 9.07. The van der Waals surface area contributed by atoms with E-state index in [1.165, 1.54) is 0 Å². The average Bonchev–Trinajstić information content (AvgIpc) is 2.27. The minimum atomic E-state index is -3.52. The molecule has 1 aliphatic rings. The lowest BCUT2D eigenvalue weighted by atomic mass is 9.99. The molecule has 0 spiro atoms. The largest absolute Gasteiger partial charge is 0.555 e. The van der Waals surface area contributed by atoms with E-state index in [0.29, 0.717) is 0 Å². The normalized spacial score (nSPS) is 21.5. The molecule has 1 rings (SSSR count). The van der Waals surface area contributed by atoms with Crippen LogP contribution in [0.15, 0.2) is 0 Å². The fourth-order valence-electron chi connectivity index (χ4n) is 1.87. The molecule has 0 unspecified atom stereocenters. The van der Waals surface area contributed by atoms with Crippen molar-refractivity contribution >= 4 is 0 Å². The first-order valence-corrected chi connectivity index (χ1v) is 4.71. The van der Waals surface area contributed by atoms with Gasteiger partial charge in [0.1, 0.15) is 32.5 Å². The van der Waals surface area contributed by atoms with Crippen molar-refractivity contribution in [2.75, 3.05) is 0 Å². The van der Waals surface area contributed by atoms with Crippen molar-refractivity contribution in [3.63, 3.8) is 0 Å². The molecule has 0 aromatic heterocycles. The van der Waals surface area contributed by atoms with Gasteiger partial charge in [0.15, 0.2) is 0 Å². The monoisotopic (exact) mass is 281 g/mol. The van der Waals surface area contributed by atoms with Crippen molar-refractivity contribution in [2.24, 2.45) is 0 Å². The Morgan fingerprint density at radius 2 is 1.05 bits per heavy atom. The fourth-order valence-corrected chi connectivity index (χ4v) is 1.87. The van der Waals surface area contributed by atoms with Crippen LogP contribution < -0.4 is 0 Å². The van der Waals surface area contributed by atoms with Crippen LogP contribution in [0.25, 0.3) is 0 Å². The first-order chi connectivity index (χ1) is 8.64. The number of hydrogen-bond acceptors (Lipinski definition) is 10. The van der Waals surface area contributed by atoms with Crippen molar-refractivity contribution < 1.29 is 24.9 Å². The summed E-state index contributed by atoms with van der Waals surface area (Å²) in [6.07, 6.45) is -2.33. The molecule has 14 heteroatoms. The fraction of sp³-hybridized carbons (Fsp3) is 1.00. The van der Waals surface area contributed by atoms with Crippen LogP contribution in [0, 0.1) is 40.5 Å². The molecule has 1 fully saturated rings. The predicted molar refractivity (Wildman–Crippen MR) is 50.9 cm³/mol. The number of hydroxylamine groups is 2. The first kappa shape index (κ1) is 14.6. The van der Waals surface area contributed by atoms with Gasteiger partial charge in [0, 0.05) is 0 Å². The Morgan fingerprint density at radius 1 is 0.789 bits per heavy atom. The number of hydrogen-bond donors (Lipinski definition) is 1. The number of piperidine rings is 1. The molecule has 0 aromatic rings. The van der Waals surface area contributed by atoms with E-state index < -0.39 is 55.6 Å². The molecule has 0 atom stereocenters. The molecular formula is C5H7N5O9. The first-order valence-electron chi connectivity index (χ1n) is 4.71. The van der Waals surface area contributed by atoms with Crippen molar-refractivity contribution in [1.82, 2.24) is 5.06 Å². The lowest BCUT2D eigenvalue weighted by Gasteiger charge is -2.31. The van der Waals surface area contributed by atoms with Gasteiger partial charge in [0.2, 0.25) is 0 Å². The third-order valence-electron chi connectivity index (χ3n) is 2.87. The molecule has 0 amide bonds. The molecule has 0 radical (unpaired) electrons. The van der Waals surface area contributed by atoms with Gasteiger partial charge in [-0.05, 0) is 6.42 Å². The molecule has 1 saturated heterocycles. The van der Waals surface area contributed by atoms with E-state index in [1.54, 1.807) is 0 Å². The van der Waals surface area contributed by atoms with E-state index in [-0.39, 0.29) is 0 Å². The zero-order valence-corrected chi connectivity index (χ0v) is 9.07. The predicted octanol–water partition coefficient (Wildman–Crippen LogP) is -0.724. The van der Waals surface area contributed by atoms with Crippen LogP contribution in [0.2, 0.25) is 0 Å². The third-order valence-corrected chi connectivity index (χ3v) is 2.87. The van der Waals surface area contributed by atoms with Crippen LogP contribution in [-0.4, -0.2) is 41.5 Å². The van der Waals surface area contributed by atoms with Crippen LogP contribution in [0.5, 0.6) is 0 Å². The summed E-state index contributed by atoms with van der Waals surface area (Å²) in [6, 6.07) is 0. The van der Waals surface area contributed by atoms with E-state index in [0.717, 1.165) is 0 Å². The lowest BCUT2D eigenvalue weighted by molar-refractivity contribution is -0.924. The molecule has 106 valence electrons. The number of nitro groups is 4. The van der Waals surface area contributed by atoms with Crippen LogP contribution in [0.1, 0.15) is 19.3 Å². The number of nitrogens with zero attached hydrogens (tertiary/aromatic N) is 5. The van der Waals surface area contributed by atoms with Crippen LogP contribution in [-0.2, 0) is 0 Å². The summed E-state index contributed by atoms with van der Waals surface area (Å²) in [4.78, 5) is 36.8. The minimum absolute atomic E-state index is 0.541. The topological polar surface area (TPSA) is 196 Å². The van der Waals surface area contributed by atoms with E-state index in [1.807, 2.05) is 0 Å². The highest BCUT2D eigenvalue weighted by atomic mass is 16.7. The smallest absolute Gasteiger partial charge is 0.291 e. The maximum absolute atomic E-state index is 10.8. The lowest BCUT2D eigenvalue weighted by Crippen LogP contribution is -2.73. The van der Waals surface area contributed by atoms with Gasteiger partial charge in [-0.3, -0.25) is 45.7 Å². The summed E-state index contributed by atoms with van der Waals surface area (Å²) in [5.74, 6) is -7.03. The highest BCUT2D eigenvalue weighted by molar-refractivity contribution is 4.78. The second-order valence-electron chi connectivity index (χ2n) is 3.74. The van der Waals surface area contributed by atoms with Crippen molar-refractivity contribution in [1.29, 1.82) is 0 Å². The summed E-state index contributed by atoms with van der Waals surface area (Å²) in [6.45, 7) is 0. The maximum atomic E-state index is 10.8. The van der Waals surface area contributed by atoms with Crippen LogP contribution in [0.3, 0.4) is 0 Å². The van der Waals surface area contributed by atoms with Gasteiger partial charge in [-0.25, -0.2) is 0 Å². The van der Waals surface area contributed by atoms with Gasteiger partial charge in [-0.2, -0.15) is 0 Å². The van der Waals surface area contributed by atoms with Gasteiger partial charge >= 0.3 is 11.6 Å². The highest BCUT2D eigenvalue weighted by Crippen LogP contribution is 2.38. The van der Waals surface area contributed by atoms with Gasteiger partial charge in [0.05, 0.1) is 5.06 Å². The molecule has 19 heavy (non-hydrogen) atoms. The Bertz CT molecular complexity index is 394. The maximum Gasteiger partial charge on any atom is 0.555 e. The van der Waals surface area contributed by atoms with Crippen molar-refractivity contribution in [3.8, 4) is 0 Å². The van der Waals surface area contributed by atoms with Crippen molar-refractivity contribution in [3.05, 3.63) is 40.5 Å². The average molecular weight is 281 g/mol. The summed E-state index contributed by atoms with van der Waals surface area (Å²) in [5, 5.41) is 51.6. The Hall–Kier alpha value is -2.48. The Morgan fingerprint density at radius 3 is 1.26 bits per heavy atom. The molecule has 0 aliphatic carbocycles. The summed E-state index contributed by atoms with van der Waals surface area (Å²) < 4.78 is 0. The second-order valence-corrected chi connectivity index (χ2v) is 3.74. The highest BCUT2D eigenvalue weighted by Gasteiger charge is 2.81. The van der Waals surface area contributed by atoms with E-state index in [9.17, 15) is 45.7 Å². The van der Waals surface area contributed by atoms with Crippen molar-refractivity contribution in [2.45, 2.75) is 30.8 Å². The summed E-state index contributed by atoms with van der Waals surface area (Å²) in [7, 11) is 0. The Labute approximate surface area is 102 Å². The van der Waals surface area contributed by atoms with Gasteiger partial charge in [-0.15, -0.1) is 0 Å². The van der Waals surface area contributed by atoms with Gasteiger partial charge in [0.25, 0.3) is 0 Å². The molecule has 0 bridgehead atoms. The van der Waals surface area contributed by atoms with Gasteiger partial charge < -0.3 is 0 Å². The SMILES string of the molecule is O=[N+]([O-])C1([N+](=O)[O-])CCCC([N+](=O)[O-])([N+](=O)[O-])N1O. The molecular weight excluding hydrogens is 274 g/mol. The molecule has 1 aliphatic heterocycles. The minimum Gasteiger partial charge on any atom is -0.291 e. The molecule has 1 N–H and O–H groups in total. The molecule has 0 saturated carbocycles. The third kappa shape index (κ3) is 1.65. The second kappa shape index (κ2) is 4.32. The summed E-state index contributed by atoms with van der Waals surface area (Å²) in [5.41, 5.74) is 0. The van der Waals surface area contributed by atoms with Gasteiger partial charge in [-0.1, -0.05) is 0 Å². The van der Waals surface area contributed by atoms with Crippen LogP contribution in [0.4, 0.5) is 0 Å². The zero-order chi connectivity index (χ0) is 15.0. The standard InChI is InChI=1S/C5H7N5O9/c11-6-4(7(12)13,8(14)15)2-1-3-5(6,9(16)17)10(18)19/h11H,1-3H2. The number of rotatable bonds is 4. The Balaban J connectivity index is 3.50. The quantitative estimate of drug-likeness (QED) is 0.389. The molecule has 1 heterocycles. The molecule has 0 aromatic carbocycles. The van der Waals surface area contributed by atoms with E-state index >= 15 is 0 Å². The summed E-state index contributed by atoms with van der Waals surface area (Å²) >= 11 is 0. The van der Waals surface area contributed by atoms with E-state index in [2.05, 4.69) is 0 Å². The van der Waals surface area contributed by atoms with E-state index in [4.69, 9.17) is 0 Å². The Kier molecular flexibility index (Phi) is 3.32.